The van der Waals surface area contributed by atoms with Gasteiger partial charge >= 0.3 is 5.97 Å². The Morgan fingerprint density at radius 3 is 3.00 bits per heavy atom. The fraction of sp³-hybridized carbons (Fsp3) is 0.571. The van der Waals surface area contributed by atoms with Crippen molar-refractivity contribution in [1.29, 1.82) is 0 Å². The van der Waals surface area contributed by atoms with Crippen molar-refractivity contribution >= 4 is 5.97 Å². The van der Waals surface area contributed by atoms with Crippen LogP contribution in [0.25, 0.3) is 0 Å². The van der Waals surface area contributed by atoms with Gasteiger partial charge in [0.25, 0.3) is 0 Å². The monoisotopic (exact) mass is 141 g/mol. The second-order valence-electron chi connectivity index (χ2n) is 2.49. The van der Waals surface area contributed by atoms with E-state index in [1.165, 1.54) is 0 Å². The second kappa shape index (κ2) is 2.84. The lowest BCUT2D eigenvalue weighted by Gasteiger charge is -2.16. The van der Waals surface area contributed by atoms with Gasteiger partial charge < -0.3 is 10.4 Å². The van der Waals surface area contributed by atoms with E-state index in [0.717, 1.165) is 6.54 Å². The molecule has 0 unspecified atom stereocenters. The zero-order valence-electron chi connectivity index (χ0n) is 5.92. The molecule has 10 heavy (non-hydrogen) atoms. The quantitative estimate of drug-likeness (QED) is 0.555. The van der Waals surface area contributed by atoms with Crippen molar-refractivity contribution in [2.45, 2.75) is 19.4 Å². The van der Waals surface area contributed by atoms with Crippen LogP contribution in [0.3, 0.4) is 0 Å². The van der Waals surface area contributed by atoms with Crippen LogP contribution < -0.4 is 5.32 Å². The Morgan fingerprint density at radius 2 is 2.60 bits per heavy atom. The fourth-order valence-corrected chi connectivity index (χ4v) is 1.06. The molecule has 0 spiro atoms. The van der Waals surface area contributed by atoms with E-state index in [1.54, 1.807) is 6.08 Å². The highest BCUT2D eigenvalue weighted by atomic mass is 16.4. The third-order valence-electron chi connectivity index (χ3n) is 1.59. The minimum Gasteiger partial charge on any atom is -0.478 e. The van der Waals surface area contributed by atoms with Crippen LogP contribution in [0.5, 0.6) is 0 Å². The number of hydrogen-bond donors (Lipinski definition) is 2. The smallest absolute Gasteiger partial charge is 0.331 e. The fourth-order valence-electron chi connectivity index (χ4n) is 1.06. The summed E-state index contributed by atoms with van der Waals surface area (Å²) in [4.78, 5) is 10.4. The van der Waals surface area contributed by atoms with Gasteiger partial charge in [0.1, 0.15) is 0 Å². The molecule has 2 N–H and O–H groups in total. The zero-order valence-corrected chi connectivity index (χ0v) is 5.92. The highest BCUT2D eigenvalue weighted by Gasteiger charge is 2.13. The average Bonchev–Trinajstić information content (AvgIpc) is 1.88. The van der Waals surface area contributed by atoms with Crippen LogP contribution in [0.4, 0.5) is 0 Å². The van der Waals surface area contributed by atoms with Crippen molar-refractivity contribution in [3.63, 3.8) is 0 Å². The summed E-state index contributed by atoms with van der Waals surface area (Å²) in [6.07, 6.45) is 2.39. The van der Waals surface area contributed by atoms with Crippen LogP contribution in [0.15, 0.2) is 11.6 Å². The molecule has 0 amide bonds. The number of rotatable bonds is 1. The normalized spacial score (nSPS) is 25.7. The average molecular weight is 141 g/mol. The Morgan fingerprint density at radius 1 is 1.90 bits per heavy atom. The third-order valence-corrected chi connectivity index (χ3v) is 1.59. The van der Waals surface area contributed by atoms with Gasteiger partial charge in [0.05, 0.1) is 0 Å². The van der Waals surface area contributed by atoms with Gasteiger partial charge in [-0.3, -0.25) is 0 Å². The Kier molecular flexibility index (Phi) is 2.06. The molecule has 0 bridgehead atoms. The number of hydrogen-bond acceptors (Lipinski definition) is 2. The molecule has 0 fully saturated rings. The maximum atomic E-state index is 10.4. The van der Waals surface area contributed by atoms with Crippen LogP contribution in [-0.2, 0) is 4.79 Å². The van der Waals surface area contributed by atoms with E-state index in [4.69, 9.17) is 5.11 Å². The Balaban J connectivity index is 2.66. The summed E-state index contributed by atoms with van der Waals surface area (Å²) >= 11 is 0. The first-order chi connectivity index (χ1) is 4.70. The number of aliphatic carboxylic acids is 1. The molecule has 56 valence electrons. The number of carbonyl (C=O) groups is 1. The summed E-state index contributed by atoms with van der Waals surface area (Å²) in [5.74, 6) is -0.784. The van der Waals surface area contributed by atoms with Crippen LogP contribution in [0, 0.1) is 0 Å². The van der Waals surface area contributed by atoms with Crippen molar-refractivity contribution < 1.29 is 9.90 Å². The van der Waals surface area contributed by atoms with Crippen molar-refractivity contribution in [1.82, 2.24) is 5.32 Å². The summed E-state index contributed by atoms with van der Waals surface area (Å²) in [5.41, 5.74) is 0.534. The highest BCUT2D eigenvalue weighted by molar-refractivity contribution is 5.86. The van der Waals surface area contributed by atoms with Crippen LogP contribution in [0.1, 0.15) is 13.3 Å². The van der Waals surface area contributed by atoms with Gasteiger partial charge in [0.2, 0.25) is 0 Å². The molecule has 3 nitrogen and oxygen atoms in total. The van der Waals surface area contributed by atoms with E-state index in [0.29, 0.717) is 12.0 Å². The van der Waals surface area contributed by atoms with Crippen LogP contribution in [0.2, 0.25) is 0 Å². The van der Waals surface area contributed by atoms with E-state index in [-0.39, 0.29) is 6.04 Å². The standard InChI is InChI=1S/C7H11NO2/c1-5-4-6(7(9)10)2-3-8-5/h4-5,8H,2-3H2,1H3,(H,9,10)/t5-/m1/s1. The van der Waals surface area contributed by atoms with Crippen molar-refractivity contribution in [2.75, 3.05) is 6.54 Å². The number of nitrogens with one attached hydrogen (secondary N) is 1. The maximum absolute atomic E-state index is 10.4. The van der Waals surface area contributed by atoms with Gasteiger partial charge in [0.15, 0.2) is 0 Å². The number of carboxylic acid groups (broad SMARTS) is 1. The molecule has 0 aromatic heterocycles. The largest absolute Gasteiger partial charge is 0.478 e. The predicted octanol–water partition coefficient (Wildman–Crippen LogP) is 0.379. The predicted molar refractivity (Wildman–Crippen MR) is 37.8 cm³/mol. The molecule has 0 saturated carbocycles. The Bertz CT molecular complexity index is 174. The lowest BCUT2D eigenvalue weighted by molar-refractivity contribution is -0.132. The number of carboxylic acids is 1. The molecule has 0 aliphatic carbocycles. The van der Waals surface area contributed by atoms with Gasteiger partial charge in [-0.05, 0) is 19.9 Å². The summed E-state index contributed by atoms with van der Waals surface area (Å²) in [5, 5.41) is 11.7. The van der Waals surface area contributed by atoms with Crippen molar-refractivity contribution in [3.05, 3.63) is 11.6 Å². The van der Waals surface area contributed by atoms with Crippen molar-refractivity contribution in [3.8, 4) is 0 Å². The van der Waals surface area contributed by atoms with E-state index < -0.39 is 5.97 Å². The SMILES string of the molecule is C[C@@H]1C=C(C(=O)O)CCN1. The molecular weight excluding hydrogens is 130 g/mol. The summed E-state index contributed by atoms with van der Waals surface area (Å²) < 4.78 is 0. The first-order valence-corrected chi connectivity index (χ1v) is 3.37. The summed E-state index contributed by atoms with van der Waals surface area (Å²) in [6.45, 7) is 2.72. The van der Waals surface area contributed by atoms with Crippen molar-refractivity contribution in [2.24, 2.45) is 0 Å². The zero-order chi connectivity index (χ0) is 7.56. The minimum absolute atomic E-state index is 0.208. The molecule has 0 radical (unpaired) electrons. The second-order valence-corrected chi connectivity index (χ2v) is 2.49. The molecule has 0 aromatic carbocycles. The Labute approximate surface area is 59.7 Å². The van der Waals surface area contributed by atoms with E-state index in [9.17, 15) is 4.79 Å². The first kappa shape index (κ1) is 7.28. The summed E-state index contributed by atoms with van der Waals surface area (Å²) in [7, 11) is 0. The molecule has 1 aliphatic heterocycles. The minimum atomic E-state index is -0.784. The Hall–Kier alpha value is -0.830. The lowest BCUT2D eigenvalue weighted by atomic mass is 10.1. The molecule has 1 atom stereocenters. The maximum Gasteiger partial charge on any atom is 0.331 e. The topological polar surface area (TPSA) is 49.3 Å². The van der Waals surface area contributed by atoms with Gasteiger partial charge in [0, 0.05) is 11.6 Å². The van der Waals surface area contributed by atoms with Gasteiger partial charge in [-0.25, -0.2) is 4.79 Å². The van der Waals surface area contributed by atoms with E-state index >= 15 is 0 Å². The third kappa shape index (κ3) is 1.57. The molecule has 1 aliphatic rings. The summed E-state index contributed by atoms with van der Waals surface area (Å²) in [6, 6.07) is 0.208. The van der Waals surface area contributed by atoms with Gasteiger partial charge in [-0.15, -0.1) is 0 Å². The van der Waals surface area contributed by atoms with E-state index in [1.807, 2.05) is 6.92 Å². The molecule has 1 rings (SSSR count). The van der Waals surface area contributed by atoms with Crippen LogP contribution >= 0.6 is 0 Å². The highest BCUT2D eigenvalue weighted by Crippen LogP contribution is 2.07. The van der Waals surface area contributed by atoms with Crippen LogP contribution in [-0.4, -0.2) is 23.7 Å². The molecular formula is C7H11NO2. The molecule has 0 saturated heterocycles. The lowest BCUT2D eigenvalue weighted by Crippen LogP contribution is -2.31. The molecule has 3 heteroatoms. The molecule has 1 heterocycles. The van der Waals surface area contributed by atoms with Gasteiger partial charge in [-0.2, -0.15) is 0 Å². The van der Waals surface area contributed by atoms with E-state index in [2.05, 4.69) is 5.32 Å². The van der Waals surface area contributed by atoms with Gasteiger partial charge in [-0.1, -0.05) is 6.08 Å². The first-order valence-electron chi connectivity index (χ1n) is 3.37. The molecule has 0 aromatic rings.